The minimum absolute atomic E-state index is 0.0535. The number of hydrogen-bond acceptors (Lipinski definition) is 2. The number of benzene rings is 1. The molecule has 0 radical (unpaired) electrons. The van der Waals surface area contributed by atoms with Crippen molar-refractivity contribution in [2.24, 2.45) is 0 Å². The van der Waals surface area contributed by atoms with Crippen LogP contribution in [0.25, 0.3) is 11.3 Å². The number of aryl methyl sites for hydroxylation is 1. The van der Waals surface area contributed by atoms with Crippen LogP contribution in [-0.4, -0.2) is 16.1 Å². The van der Waals surface area contributed by atoms with Gasteiger partial charge in [-0.05, 0) is 42.5 Å². The summed E-state index contributed by atoms with van der Waals surface area (Å²) < 4.78 is 0. The number of halogens is 1. The lowest BCUT2D eigenvalue weighted by Crippen LogP contribution is -2.13. The zero-order chi connectivity index (χ0) is 14.4. The van der Waals surface area contributed by atoms with Gasteiger partial charge in [-0.15, -0.1) is 0 Å². The van der Waals surface area contributed by atoms with Crippen LogP contribution in [0.5, 0.6) is 0 Å². The SMILES string of the molecule is Cc1ccc2c(c1)-c1nc(Cl)c(C(=O)O)cc1C(C)C2. The Hall–Kier alpha value is -1.87. The molecule has 1 heterocycles. The molecule has 0 fully saturated rings. The molecule has 3 nitrogen and oxygen atoms in total. The third kappa shape index (κ3) is 1.98. The number of aromatic carboxylic acids is 1. The standard InChI is InChI=1S/C16H14ClNO2/c1-8-3-4-10-6-9(2)11-7-13(16(19)20)15(17)18-14(11)12(10)5-8/h3-5,7,9H,6H2,1-2H3,(H,19,20). The predicted octanol–water partition coefficient (Wildman–Crippen LogP) is 4.07. The topological polar surface area (TPSA) is 50.2 Å². The van der Waals surface area contributed by atoms with Gasteiger partial charge in [0, 0.05) is 5.56 Å². The number of carboxylic acid groups (broad SMARTS) is 1. The van der Waals surface area contributed by atoms with Crippen LogP contribution in [0.4, 0.5) is 0 Å². The van der Waals surface area contributed by atoms with Crippen molar-refractivity contribution in [2.75, 3.05) is 0 Å². The zero-order valence-electron chi connectivity index (χ0n) is 11.3. The van der Waals surface area contributed by atoms with Crippen molar-refractivity contribution in [3.05, 3.63) is 51.7 Å². The first-order valence-electron chi connectivity index (χ1n) is 6.51. The van der Waals surface area contributed by atoms with Crippen LogP contribution < -0.4 is 0 Å². The first kappa shape index (κ1) is 13.1. The molecule has 1 unspecified atom stereocenters. The quantitative estimate of drug-likeness (QED) is 0.805. The number of fused-ring (bicyclic) bond motifs is 3. The maximum Gasteiger partial charge on any atom is 0.338 e. The van der Waals surface area contributed by atoms with Crippen LogP contribution in [0.15, 0.2) is 24.3 Å². The summed E-state index contributed by atoms with van der Waals surface area (Å²) in [7, 11) is 0. The van der Waals surface area contributed by atoms with Crippen molar-refractivity contribution in [2.45, 2.75) is 26.2 Å². The van der Waals surface area contributed by atoms with E-state index in [-0.39, 0.29) is 16.6 Å². The van der Waals surface area contributed by atoms with E-state index in [2.05, 4.69) is 30.1 Å². The molecule has 3 rings (SSSR count). The molecule has 0 saturated heterocycles. The molecule has 1 aromatic heterocycles. The summed E-state index contributed by atoms with van der Waals surface area (Å²) >= 11 is 6.02. The van der Waals surface area contributed by atoms with E-state index in [1.165, 1.54) is 5.56 Å². The summed E-state index contributed by atoms with van der Waals surface area (Å²) in [6.45, 7) is 4.12. The molecule has 1 aromatic carbocycles. The van der Waals surface area contributed by atoms with Gasteiger partial charge in [0.1, 0.15) is 5.15 Å². The van der Waals surface area contributed by atoms with E-state index in [0.29, 0.717) is 0 Å². The summed E-state index contributed by atoms with van der Waals surface area (Å²) in [6.07, 6.45) is 0.894. The minimum atomic E-state index is -1.03. The van der Waals surface area contributed by atoms with Crippen molar-refractivity contribution in [1.29, 1.82) is 0 Å². The fourth-order valence-corrected chi connectivity index (χ4v) is 3.00. The second-order valence-corrected chi connectivity index (χ2v) is 5.69. The van der Waals surface area contributed by atoms with E-state index in [0.717, 1.165) is 28.8 Å². The monoisotopic (exact) mass is 287 g/mol. The normalized spacial score (nSPS) is 16.4. The molecule has 4 heteroatoms. The number of pyridine rings is 1. The number of hydrogen-bond donors (Lipinski definition) is 1. The van der Waals surface area contributed by atoms with E-state index in [1.54, 1.807) is 6.07 Å². The maximum absolute atomic E-state index is 11.2. The molecule has 1 N–H and O–H groups in total. The van der Waals surface area contributed by atoms with Crippen molar-refractivity contribution in [1.82, 2.24) is 4.98 Å². The molecular formula is C16H14ClNO2. The number of carboxylic acids is 1. The van der Waals surface area contributed by atoms with Gasteiger partial charge in [0.05, 0.1) is 11.3 Å². The van der Waals surface area contributed by atoms with Crippen molar-refractivity contribution in [3.63, 3.8) is 0 Å². The van der Waals surface area contributed by atoms with Crippen molar-refractivity contribution >= 4 is 17.6 Å². The Morgan fingerprint density at radius 3 is 2.85 bits per heavy atom. The zero-order valence-corrected chi connectivity index (χ0v) is 12.0. The molecule has 0 amide bonds. The fourth-order valence-electron chi connectivity index (χ4n) is 2.78. The maximum atomic E-state index is 11.2. The summed E-state index contributed by atoms with van der Waals surface area (Å²) in [5.41, 5.74) is 5.32. The molecule has 0 spiro atoms. The molecule has 0 bridgehead atoms. The Kier molecular flexibility index (Phi) is 3.02. The van der Waals surface area contributed by atoms with Crippen LogP contribution in [0.2, 0.25) is 5.15 Å². The summed E-state index contributed by atoms with van der Waals surface area (Å²) in [5, 5.41) is 9.22. The van der Waals surface area contributed by atoms with Gasteiger partial charge >= 0.3 is 5.97 Å². The van der Waals surface area contributed by atoms with E-state index in [4.69, 9.17) is 16.7 Å². The Labute approximate surface area is 122 Å². The van der Waals surface area contributed by atoms with Crippen molar-refractivity contribution in [3.8, 4) is 11.3 Å². The van der Waals surface area contributed by atoms with Crippen LogP contribution in [-0.2, 0) is 6.42 Å². The van der Waals surface area contributed by atoms with Gasteiger partial charge in [-0.1, -0.05) is 36.2 Å². The largest absolute Gasteiger partial charge is 0.478 e. The number of carbonyl (C=O) groups is 1. The summed E-state index contributed by atoms with van der Waals surface area (Å²) in [4.78, 5) is 15.5. The average molecular weight is 288 g/mol. The highest BCUT2D eigenvalue weighted by Gasteiger charge is 2.26. The lowest BCUT2D eigenvalue weighted by Gasteiger charge is -2.25. The summed E-state index contributed by atoms with van der Waals surface area (Å²) in [5.74, 6) is -0.796. The van der Waals surface area contributed by atoms with Crippen LogP contribution in [0.1, 0.15) is 39.9 Å². The van der Waals surface area contributed by atoms with Gasteiger partial charge in [0.2, 0.25) is 0 Å². The number of aromatic nitrogens is 1. The Balaban J connectivity index is 2.29. The van der Waals surface area contributed by atoms with Gasteiger partial charge in [-0.3, -0.25) is 0 Å². The molecule has 0 saturated carbocycles. The van der Waals surface area contributed by atoms with E-state index < -0.39 is 5.97 Å². The lowest BCUT2D eigenvalue weighted by molar-refractivity contribution is 0.0696. The van der Waals surface area contributed by atoms with Gasteiger partial charge < -0.3 is 5.11 Å². The minimum Gasteiger partial charge on any atom is -0.478 e. The molecule has 102 valence electrons. The van der Waals surface area contributed by atoms with Gasteiger partial charge in [0.25, 0.3) is 0 Å². The third-order valence-electron chi connectivity index (χ3n) is 3.81. The van der Waals surface area contributed by atoms with E-state index in [9.17, 15) is 4.79 Å². The highest BCUT2D eigenvalue weighted by molar-refractivity contribution is 6.32. The smallest absolute Gasteiger partial charge is 0.338 e. The second kappa shape index (κ2) is 4.60. The summed E-state index contributed by atoms with van der Waals surface area (Å²) in [6, 6.07) is 7.96. The average Bonchev–Trinajstić information content (AvgIpc) is 2.39. The van der Waals surface area contributed by atoms with E-state index in [1.807, 2.05) is 6.92 Å². The van der Waals surface area contributed by atoms with Gasteiger partial charge in [-0.2, -0.15) is 0 Å². The Bertz CT molecular complexity index is 725. The molecule has 0 aliphatic heterocycles. The Morgan fingerprint density at radius 1 is 1.40 bits per heavy atom. The van der Waals surface area contributed by atoms with Crippen LogP contribution in [0, 0.1) is 6.92 Å². The predicted molar refractivity (Wildman–Crippen MR) is 78.5 cm³/mol. The van der Waals surface area contributed by atoms with Gasteiger partial charge in [-0.25, -0.2) is 9.78 Å². The van der Waals surface area contributed by atoms with Gasteiger partial charge in [0.15, 0.2) is 0 Å². The van der Waals surface area contributed by atoms with Crippen LogP contribution >= 0.6 is 11.6 Å². The third-order valence-corrected chi connectivity index (χ3v) is 4.10. The van der Waals surface area contributed by atoms with E-state index >= 15 is 0 Å². The molecule has 1 aliphatic carbocycles. The highest BCUT2D eigenvalue weighted by atomic mass is 35.5. The first-order chi connectivity index (χ1) is 9.47. The number of nitrogens with zero attached hydrogens (tertiary/aromatic N) is 1. The molecule has 1 aliphatic rings. The number of rotatable bonds is 1. The second-order valence-electron chi connectivity index (χ2n) is 5.34. The molecular weight excluding hydrogens is 274 g/mol. The molecule has 1 atom stereocenters. The molecule has 20 heavy (non-hydrogen) atoms. The Morgan fingerprint density at radius 2 is 2.15 bits per heavy atom. The lowest BCUT2D eigenvalue weighted by atomic mass is 9.81. The van der Waals surface area contributed by atoms with Crippen molar-refractivity contribution < 1.29 is 9.90 Å². The van der Waals surface area contributed by atoms with Crippen LogP contribution in [0.3, 0.4) is 0 Å². The fraction of sp³-hybridized carbons (Fsp3) is 0.250. The molecule has 2 aromatic rings. The first-order valence-corrected chi connectivity index (χ1v) is 6.89. The highest BCUT2D eigenvalue weighted by Crippen LogP contribution is 2.40.